The summed E-state index contributed by atoms with van der Waals surface area (Å²) in [6.45, 7) is 3.02. The Hall–Kier alpha value is -1.81. The molecule has 0 saturated heterocycles. The van der Waals surface area contributed by atoms with Gasteiger partial charge < -0.3 is 9.67 Å². The van der Waals surface area contributed by atoms with Crippen LogP contribution in [0.1, 0.15) is 30.2 Å². The van der Waals surface area contributed by atoms with Crippen LogP contribution >= 0.6 is 11.6 Å². The van der Waals surface area contributed by atoms with Crippen molar-refractivity contribution in [1.82, 2.24) is 4.57 Å². The Morgan fingerprint density at radius 1 is 1.39 bits per heavy atom. The number of halogens is 1. The van der Waals surface area contributed by atoms with Crippen LogP contribution in [0.2, 0.25) is 5.02 Å². The molecule has 2 aromatic rings. The van der Waals surface area contributed by atoms with Crippen molar-refractivity contribution in [1.29, 1.82) is 0 Å². The van der Waals surface area contributed by atoms with E-state index in [0.29, 0.717) is 21.5 Å². The highest BCUT2D eigenvalue weighted by Gasteiger charge is 2.19. The van der Waals surface area contributed by atoms with Crippen molar-refractivity contribution in [3.8, 4) is 0 Å². The van der Waals surface area contributed by atoms with E-state index in [4.69, 9.17) is 16.7 Å². The maximum absolute atomic E-state index is 11.6. The van der Waals surface area contributed by atoms with Crippen LogP contribution in [0, 0.1) is 0 Å². The van der Waals surface area contributed by atoms with E-state index in [2.05, 4.69) is 0 Å². The minimum atomic E-state index is -0.947. The maximum atomic E-state index is 11.6. The molecule has 18 heavy (non-hydrogen) atoms. The molecule has 0 spiro atoms. The molecule has 1 aromatic carbocycles. The lowest BCUT2D eigenvalue weighted by atomic mass is 10.1. The topological polar surface area (TPSA) is 59.3 Å². The van der Waals surface area contributed by atoms with Crippen LogP contribution in [0.5, 0.6) is 0 Å². The number of carbonyl (C=O) groups excluding carboxylic acids is 1. The molecule has 0 aliphatic heterocycles. The van der Waals surface area contributed by atoms with Gasteiger partial charge in [0.05, 0.1) is 0 Å². The van der Waals surface area contributed by atoms with E-state index in [0.717, 1.165) is 0 Å². The lowest BCUT2D eigenvalue weighted by Gasteiger charge is -2.09. The number of rotatable bonds is 3. The normalized spacial score (nSPS) is 12.6. The van der Waals surface area contributed by atoms with Crippen molar-refractivity contribution in [2.24, 2.45) is 0 Å². The van der Waals surface area contributed by atoms with Gasteiger partial charge in [0, 0.05) is 27.7 Å². The molecule has 0 amide bonds. The maximum Gasteiger partial charge on any atom is 0.326 e. The van der Waals surface area contributed by atoms with Crippen LogP contribution < -0.4 is 0 Å². The smallest absolute Gasteiger partial charge is 0.326 e. The Morgan fingerprint density at radius 3 is 2.61 bits per heavy atom. The molecule has 2 rings (SSSR count). The van der Waals surface area contributed by atoms with Crippen LogP contribution in [0.25, 0.3) is 10.9 Å². The van der Waals surface area contributed by atoms with Crippen molar-refractivity contribution < 1.29 is 14.7 Å². The van der Waals surface area contributed by atoms with Gasteiger partial charge in [-0.3, -0.25) is 4.79 Å². The fourth-order valence-electron chi connectivity index (χ4n) is 1.95. The van der Waals surface area contributed by atoms with Crippen molar-refractivity contribution >= 4 is 34.3 Å². The number of carboxylic acids is 1. The van der Waals surface area contributed by atoms with Crippen molar-refractivity contribution in [3.05, 3.63) is 35.0 Å². The standard InChI is InChI=1S/C13H12ClNO3/c1-7(13(17)18)15-6-11(8(2)16)10-5-9(14)3-4-12(10)15/h3-7H,1-2H3,(H,17,18). The third-order valence-electron chi connectivity index (χ3n) is 2.95. The molecular formula is C13H12ClNO3. The second-order valence-corrected chi connectivity index (χ2v) is 4.62. The number of hydrogen-bond acceptors (Lipinski definition) is 2. The van der Waals surface area contributed by atoms with E-state index in [-0.39, 0.29) is 5.78 Å². The van der Waals surface area contributed by atoms with Gasteiger partial charge in [0.2, 0.25) is 0 Å². The number of benzene rings is 1. The summed E-state index contributed by atoms with van der Waals surface area (Å²) >= 11 is 5.91. The zero-order valence-corrected chi connectivity index (χ0v) is 10.7. The summed E-state index contributed by atoms with van der Waals surface area (Å²) < 4.78 is 1.57. The lowest BCUT2D eigenvalue weighted by molar-refractivity contribution is -0.140. The Morgan fingerprint density at radius 2 is 2.06 bits per heavy atom. The fraction of sp³-hybridized carbons (Fsp3) is 0.231. The van der Waals surface area contributed by atoms with Gasteiger partial charge >= 0.3 is 5.97 Å². The molecular weight excluding hydrogens is 254 g/mol. The molecule has 0 saturated carbocycles. The Labute approximate surface area is 109 Å². The lowest BCUT2D eigenvalue weighted by Crippen LogP contribution is -2.14. The van der Waals surface area contributed by atoms with Gasteiger partial charge in [-0.2, -0.15) is 0 Å². The highest BCUT2D eigenvalue weighted by Crippen LogP contribution is 2.28. The summed E-state index contributed by atoms with van der Waals surface area (Å²) in [4.78, 5) is 22.6. The average molecular weight is 266 g/mol. The fourth-order valence-corrected chi connectivity index (χ4v) is 2.12. The van der Waals surface area contributed by atoms with Crippen LogP contribution in [0.3, 0.4) is 0 Å². The van der Waals surface area contributed by atoms with E-state index in [1.165, 1.54) is 6.92 Å². The van der Waals surface area contributed by atoms with Crippen molar-refractivity contribution in [2.45, 2.75) is 19.9 Å². The minimum absolute atomic E-state index is 0.112. The number of ketones is 1. The Balaban J connectivity index is 2.76. The second kappa shape index (κ2) is 4.46. The first-order valence-corrected chi connectivity index (χ1v) is 5.83. The number of aromatic nitrogens is 1. The first-order chi connectivity index (χ1) is 8.41. The van der Waals surface area contributed by atoms with Gasteiger partial charge in [-0.15, -0.1) is 0 Å². The molecule has 4 nitrogen and oxygen atoms in total. The third-order valence-corrected chi connectivity index (χ3v) is 3.18. The van der Waals surface area contributed by atoms with Crippen LogP contribution in [0.4, 0.5) is 0 Å². The number of carboxylic acid groups (broad SMARTS) is 1. The van der Waals surface area contributed by atoms with Gasteiger partial charge in [-0.1, -0.05) is 11.6 Å². The molecule has 1 heterocycles. The van der Waals surface area contributed by atoms with Gasteiger partial charge in [-0.25, -0.2) is 4.79 Å². The SMILES string of the molecule is CC(=O)c1cn(C(C)C(=O)O)c2ccc(Cl)cc12. The second-order valence-electron chi connectivity index (χ2n) is 4.18. The Kier molecular flexibility index (Phi) is 3.13. The average Bonchev–Trinajstić information content (AvgIpc) is 2.66. The minimum Gasteiger partial charge on any atom is -0.480 e. The zero-order chi connectivity index (χ0) is 13.4. The van der Waals surface area contributed by atoms with Gasteiger partial charge in [0.1, 0.15) is 6.04 Å². The van der Waals surface area contributed by atoms with Crippen LogP contribution in [0.15, 0.2) is 24.4 Å². The molecule has 5 heteroatoms. The van der Waals surface area contributed by atoms with E-state index >= 15 is 0 Å². The monoisotopic (exact) mass is 265 g/mol. The molecule has 1 N–H and O–H groups in total. The summed E-state index contributed by atoms with van der Waals surface area (Å²) in [6, 6.07) is 4.35. The summed E-state index contributed by atoms with van der Waals surface area (Å²) in [6.07, 6.45) is 1.57. The zero-order valence-electron chi connectivity index (χ0n) is 9.98. The Bertz CT molecular complexity index is 645. The van der Waals surface area contributed by atoms with Gasteiger partial charge in [-0.05, 0) is 32.0 Å². The van der Waals surface area contributed by atoms with Crippen molar-refractivity contribution in [3.63, 3.8) is 0 Å². The van der Waals surface area contributed by atoms with Gasteiger partial charge in [0.15, 0.2) is 5.78 Å². The largest absolute Gasteiger partial charge is 0.480 e. The van der Waals surface area contributed by atoms with Crippen LogP contribution in [-0.2, 0) is 4.79 Å². The van der Waals surface area contributed by atoms with E-state index < -0.39 is 12.0 Å². The predicted octanol–water partition coefficient (Wildman–Crippen LogP) is 3.14. The molecule has 1 aromatic heterocycles. The highest BCUT2D eigenvalue weighted by molar-refractivity contribution is 6.31. The molecule has 94 valence electrons. The third kappa shape index (κ3) is 1.99. The molecule has 0 radical (unpaired) electrons. The number of hydrogen-bond donors (Lipinski definition) is 1. The molecule has 0 aliphatic carbocycles. The molecule has 1 unspecified atom stereocenters. The van der Waals surface area contributed by atoms with E-state index in [1.807, 2.05) is 0 Å². The van der Waals surface area contributed by atoms with Crippen molar-refractivity contribution in [2.75, 3.05) is 0 Å². The summed E-state index contributed by atoms with van der Waals surface area (Å²) in [7, 11) is 0. The van der Waals surface area contributed by atoms with E-state index in [1.54, 1.807) is 35.9 Å². The number of fused-ring (bicyclic) bond motifs is 1. The van der Waals surface area contributed by atoms with Crippen LogP contribution in [-0.4, -0.2) is 21.4 Å². The quantitative estimate of drug-likeness (QED) is 0.868. The number of carbonyl (C=O) groups is 2. The molecule has 0 bridgehead atoms. The number of aliphatic carboxylic acids is 1. The molecule has 1 atom stereocenters. The molecule has 0 aliphatic rings. The predicted molar refractivity (Wildman–Crippen MR) is 69.3 cm³/mol. The summed E-state index contributed by atoms with van der Waals surface area (Å²) in [5.41, 5.74) is 1.18. The summed E-state index contributed by atoms with van der Waals surface area (Å²) in [5.74, 6) is -1.06. The first-order valence-electron chi connectivity index (χ1n) is 5.45. The molecule has 0 fully saturated rings. The summed E-state index contributed by atoms with van der Waals surface area (Å²) in [5, 5.41) is 10.3. The van der Waals surface area contributed by atoms with Gasteiger partial charge in [0.25, 0.3) is 0 Å². The first kappa shape index (κ1) is 12.6. The highest BCUT2D eigenvalue weighted by atomic mass is 35.5. The van der Waals surface area contributed by atoms with E-state index in [9.17, 15) is 9.59 Å². The number of nitrogens with zero attached hydrogens (tertiary/aromatic N) is 1. The number of Topliss-reactive ketones (excluding diaryl/α,β-unsaturated/α-hetero) is 1.